The second-order valence-electron chi connectivity index (χ2n) is 9.46. The second-order valence-corrected chi connectivity index (χ2v) is 9.46. The number of hydrogen-bond donors (Lipinski definition) is 1. The molecule has 3 heterocycles. The van der Waals surface area contributed by atoms with E-state index in [9.17, 15) is 18.0 Å². The van der Waals surface area contributed by atoms with Crippen LogP contribution < -0.4 is 10.2 Å². The van der Waals surface area contributed by atoms with E-state index in [-0.39, 0.29) is 11.3 Å². The third-order valence-electron chi connectivity index (χ3n) is 6.58. The number of hydrogen-bond acceptors (Lipinski definition) is 6. The topological polar surface area (TPSA) is 84.1 Å². The molecule has 4 aromatic rings. The number of carbonyl (C=O) groups is 1. The number of halogens is 3. The Balaban J connectivity index is 1.41. The summed E-state index contributed by atoms with van der Waals surface area (Å²) in [5, 5.41) is 15.2. The summed E-state index contributed by atoms with van der Waals surface area (Å²) in [7, 11) is 3.78. The van der Waals surface area contributed by atoms with Crippen molar-refractivity contribution in [3.05, 3.63) is 71.7 Å². The fourth-order valence-corrected chi connectivity index (χ4v) is 4.36. The predicted octanol–water partition coefficient (Wildman–Crippen LogP) is 4.00. The first-order valence-corrected chi connectivity index (χ1v) is 12.1. The molecule has 1 fully saturated rings. The normalized spacial score (nSPS) is 14.6. The molecule has 0 aliphatic carbocycles. The van der Waals surface area contributed by atoms with Gasteiger partial charge in [-0.2, -0.15) is 18.3 Å². The first-order valence-electron chi connectivity index (χ1n) is 12.1. The summed E-state index contributed by atoms with van der Waals surface area (Å²) in [5.74, 6) is -0.525. The van der Waals surface area contributed by atoms with E-state index in [1.807, 2.05) is 25.1 Å². The van der Waals surface area contributed by atoms with Crippen LogP contribution in [0.3, 0.4) is 0 Å². The highest BCUT2D eigenvalue weighted by Crippen LogP contribution is 2.35. The quantitative estimate of drug-likeness (QED) is 0.425. The van der Waals surface area contributed by atoms with Crippen molar-refractivity contribution in [3.8, 4) is 16.9 Å². The Morgan fingerprint density at radius 1 is 1.00 bits per heavy atom. The highest BCUT2D eigenvalue weighted by atomic mass is 19.4. The summed E-state index contributed by atoms with van der Waals surface area (Å²) < 4.78 is 44.3. The lowest BCUT2D eigenvalue weighted by molar-refractivity contribution is -0.137. The lowest BCUT2D eigenvalue weighted by Crippen LogP contribution is -2.44. The zero-order valence-electron chi connectivity index (χ0n) is 21.2. The molecular weight excluding hydrogens is 497 g/mol. The van der Waals surface area contributed by atoms with Crippen LogP contribution in [0.25, 0.3) is 16.9 Å². The van der Waals surface area contributed by atoms with Gasteiger partial charge in [0.25, 0.3) is 5.91 Å². The number of alkyl halides is 3. The van der Waals surface area contributed by atoms with Crippen molar-refractivity contribution in [3.63, 3.8) is 0 Å². The number of aromatic nitrogens is 5. The van der Waals surface area contributed by atoms with E-state index < -0.39 is 17.6 Å². The van der Waals surface area contributed by atoms with Crippen LogP contribution in [0.2, 0.25) is 0 Å². The third-order valence-corrected chi connectivity index (χ3v) is 6.58. The number of rotatable bonds is 5. The molecule has 5 rings (SSSR count). The van der Waals surface area contributed by atoms with Gasteiger partial charge in [0.2, 0.25) is 0 Å². The van der Waals surface area contributed by atoms with Gasteiger partial charge in [-0.15, -0.1) is 5.10 Å². The van der Waals surface area contributed by atoms with Gasteiger partial charge in [0.05, 0.1) is 23.6 Å². The smallest absolute Gasteiger partial charge is 0.369 e. The standard InChI is InChI=1S/C26H27F3N8O/c1-17-4-5-18(10-24(17)37-16-23(32-33-37)19-14-30-35(3)15-19)25(38)31-21-11-20(26(27,28)29)12-22(13-21)36-8-6-34(2)7-9-36/h4-5,10-16H,6-9H2,1-3H3,(H,31,38). The maximum absolute atomic E-state index is 13.7. The Morgan fingerprint density at radius 3 is 2.45 bits per heavy atom. The Labute approximate surface area is 217 Å². The van der Waals surface area contributed by atoms with Gasteiger partial charge in [0, 0.05) is 61.9 Å². The van der Waals surface area contributed by atoms with Crippen molar-refractivity contribution < 1.29 is 18.0 Å². The SMILES string of the molecule is Cc1ccc(C(=O)Nc2cc(N3CCN(C)CC3)cc(C(F)(F)F)c2)cc1-n1cc(-c2cnn(C)c2)nn1. The molecule has 0 atom stereocenters. The molecule has 12 heteroatoms. The van der Waals surface area contributed by atoms with Crippen LogP contribution >= 0.6 is 0 Å². The number of piperazine rings is 1. The predicted molar refractivity (Wildman–Crippen MR) is 137 cm³/mol. The zero-order valence-corrected chi connectivity index (χ0v) is 21.2. The summed E-state index contributed by atoms with van der Waals surface area (Å²) in [6, 6.07) is 8.71. The van der Waals surface area contributed by atoms with Crippen LogP contribution in [0.15, 0.2) is 55.0 Å². The Hall–Kier alpha value is -4.19. The monoisotopic (exact) mass is 524 g/mol. The van der Waals surface area contributed by atoms with Crippen LogP contribution in [0.5, 0.6) is 0 Å². The van der Waals surface area contributed by atoms with Crippen molar-refractivity contribution in [1.29, 1.82) is 0 Å². The lowest BCUT2D eigenvalue weighted by atomic mass is 10.1. The lowest BCUT2D eigenvalue weighted by Gasteiger charge is -2.34. The number of aryl methyl sites for hydroxylation is 2. The van der Waals surface area contributed by atoms with Gasteiger partial charge in [0.15, 0.2) is 0 Å². The fourth-order valence-electron chi connectivity index (χ4n) is 4.36. The van der Waals surface area contributed by atoms with E-state index in [1.165, 1.54) is 0 Å². The Morgan fingerprint density at radius 2 is 1.76 bits per heavy atom. The van der Waals surface area contributed by atoms with Crippen molar-refractivity contribution in [2.75, 3.05) is 43.4 Å². The van der Waals surface area contributed by atoms with Gasteiger partial charge >= 0.3 is 6.18 Å². The van der Waals surface area contributed by atoms with Crippen LogP contribution in [-0.2, 0) is 13.2 Å². The maximum atomic E-state index is 13.7. The number of likely N-dealkylation sites (N-methyl/N-ethyl adjacent to an activating group) is 1. The highest BCUT2D eigenvalue weighted by molar-refractivity contribution is 6.05. The minimum absolute atomic E-state index is 0.0838. The molecule has 0 bridgehead atoms. The summed E-state index contributed by atoms with van der Waals surface area (Å²) in [6.45, 7) is 4.57. The van der Waals surface area contributed by atoms with E-state index in [2.05, 4.69) is 25.6 Å². The Bertz CT molecular complexity index is 1470. The molecule has 38 heavy (non-hydrogen) atoms. The molecule has 1 aliphatic heterocycles. The van der Waals surface area contributed by atoms with Gasteiger partial charge in [-0.1, -0.05) is 11.3 Å². The van der Waals surface area contributed by atoms with E-state index in [0.717, 1.165) is 36.3 Å². The molecule has 1 amide bonds. The minimum atomic E-state index is -4.54. The summed E-state index contributed by atoms with van der Waals surface area (Å²) in [5.41, 5.74) is 2.88. The minimum Gasteiger partial charge on any atom is -0.369 e. The summed E-state index contributed by atoms with van der Waals surface area (Å²) in [4.78, 5) is 17.2. The second kappa shape index (κ2) is 9.93. The molecule has 0 spiro atoms. The number of nitrogens with zero attached hydrogens (tertiary/aromatic N) is 7. The molecule has 1 saturated heterocycles. The first kappa shape index (κ1) is 25.5. The molecule has 1 aliphatic rings. The average molecular weight is 525 g/mol. The molecule has 0 radical (unpaired) electrons. The maximum Gasteiger partial charge on any atom is 0.416 e. The van der Waals surface area contributed by atoms with Crippen LogP contribution in [0.4, 0.5) is 24.5 Å². The first-order chi connectivity index (χ1) is 18.1. The van der Waals surface area contributed by atoms with E-state index in [0.29, 0.717) is 30.2 Å². The Kier molecular flexibility index (Phi) is 6.66. The number of amides is 1. The summed E-state index contributed by atoms with van der Waals surface area (Å²) >= 11 is 0. The van der Waals surface area contributed by atoms with E-state index in [1.54, 1.807) is 53.1 Å². The molecule has 0 unspecified atom stereocenters. The van der Waals surface area contributed by atoms with Crippen LogP contribution in [-0.4, -0.2) is 68.8 Å². The molecule has 9 nitrogen and oxygen atoms in total. The van der Waals surface area contributed by atoms with Crippen molar-refractivity contribution >= 4 is 17.3 Å². The van der Waals surface area contributed by atoms with E-state index >= 15 is 0 Å². The molecule has 0 saturated carbocycles. The molecule has 1 N–H and O–H groups in total. The third kappa shape index (κ3) is 5.40. The zero-order chi connectivity index (χ0) is 27.0. The van der Waals surface area contributed by atoms with Crippen molar-refractivity contribution in [2.45, 2.75) is 13.1 Å². The van der Waals surface area contributed by atoms with Crippen molar-refractivity contribution in [2.24, 2.45) is 7.05 Å². The fraction of sp³-hybridized carbons (Fsp3) is 0.308. The number of nitrogens with one attached hydrogen (secondary N) is 1. The van der Waals surface area contributed by atoms with Crippen LogP contribution in [0.1, 0.15) is 21.5 Å². The molecular formula is C26H27F3N8O. The highest BCUT2D eigenvalue weighted by Gasteiger charge is 2.32. The van der Waals surface area contributed by atoms with Gasteiger partial charge in [-0.05, 0) is 49.9 Å². The number of benzene rings is 2. The van der Waals surface area contributed by atoms with Crippen LogP contribution in [0, 0.1) is 6.92 Å². The molecule has 198 valence electrons. The van der Waals surface area contributed by atoms with Crippen molar-refractivity contribution in [1.82, 2.24) is 29.7 Å². The average Bonchev–Trinajstić information content (AvgIpc) is 3.53. The van der Waals surface area contributed by atoms with E-state index in [4.69, 9.17) is 0 Å². The van der Waals surface area contributed by atoms with Gasteiger partial charge in [-0.3, -0.25) is 9.48 Å². The molecule has 2 aromatic carbocycles. The molecule has 2 aromatic heterocycles. The van der Waals surface area contributed by atoms with Gasteiger partial charge in [-0.25, -0.2) is 4.68 Å². The van der Waals surface area contributed by atoms with Gasteiger partial charge < -0.3 is 15.1 Å². The number of anilines is 2. The largest absolute Gasteiger partial charge is 0.416 e. The summed E-state index contributed by atoms with van der Waals surface area (Å²) in [6.07, 6.45) is 0.682. The number of carbonyl (C=O) groups excluding carboxylic acids is 1. The van der Waals surface area contributed by atoms with Gasteiger partial charge in [0.1, 0.15) is 5.69 Å².